The summed E-state index contributed by atoms with van der Waals surface area (Å²) in [4.78, 5) is 6.54. The molecule has 0 bridgehead atoms. The van der Waals surface area contributed by atoms with Crippen LogP contribution in [-0.2, 0) is 0 Å². The molecule has 2 unspecified atom stereocenters. The number of anilines is 1. The van der Waals surface area contributed by atoms with E-state index in [0.29, 0.717) is 5.92 Å². The van der Waals surface area contributed by atoms with Crippen molar-refractivity contribution < 1.29 is 5.11 Å². The highest BCUT2D eigenvalue weighted by Gasteiger charge is 2.24. The molecule has 14 heavy (non-hydrogen) atoms. The smallest absolute Gasteiger partial charge is 0.128 e. The van der Waals surface area contributed by atoms with E-state index in [9.17, 15) is 5.11 Å². The quantitative estimate of drug-likeness (QED) is 0.728. The van der Waals surface area contributed by atoms with E-state index in [0.717, 1.165) is 25.3 Å². The first-order valence-corrected chi connectivity index (χ1v) is 5.11. The van der Waals surface area contributed by atoms with Crippen LogP contribution in [0.2, 0.25) is 0 Å². The van der Waals surface area contributed by atoms with Crippen LogP contribution in [0.15, 0.2) is 24.4 Å². The van der Waals surface area contributed by atoms with E-state index in [4.69, 9.17) is 0 Å². The van der Waals surface area contributed by atoms with Gasteiger partial charge in [-0.05, 0) is 24.5 Å². The molecular formula is C11H16N2O. The maximum atomic E-state index is 9.60. The zero-order valence-corrected chi connectivity index (χ0v) is 8.43. The molecule has 1 N–H and O–H groups in total. The fourth-order valence-electron chi connectivity index (χ4n) is 1.88. The summed E-state index contributed by atoms with van der Waals surface area (Å²) in [6.45, 7) is 3.89. The summed E-state index contributed by atoms with van der Waals surface area (Å²) in [6, 6.07) is 5.94. The van der Waals surface area contributed by atoms with Gasteiger partial charge in [0.05, 0.1) is 6.10 Å². The zero-order valence-electron chi connectivity index (χ0n) is 8.43. The van der Waals surface area contributed by atoms with E-state index in [1.165, 1.54) is 0 Å². The van der Waals surface area contributed by atoms with Gasteiger partial charge in [0.2, 0.25) is 0 Å². The van der Waals surface area contributed by atoms with E-state index in [1.54, 1.807) is 0 Å². The SMILES string of the molecule is CC1CN(c2ccccn2)CCC1O. The maximum absolute atomic E-state index is 9.60. The minimum absolute atomic E-state index is 0.144. The van der Waals surface area contributed by atoms with Crippen molar-refractivity contribution in [3.8, 4) is 0 Å². The first-order chi connectivity index (χ1) is 6.77. The van der Waals surface area contributed by atoms with E-state index in [2.05, 4.69) is 16.8 Å². The van der Waals surface area contributed by atoms with Crippen LogP contribution in [0, 0.1) is 5.92 Å². The summed E-state index contributed by atoms with van der Waals surface area (Å²) in [6.07, 6.45) is 2.51. The Morgan fingerprint density at radius 2 is 2.36 bits per heavy atom. The summed E-state index contributed by atoms with van der Waals surface area (Å²) in [5.41, 5.74) is 0. The van der Waals surface area contributed by atoms with Crippen molar-refractivity contribution in [3.05, 3.63) is 24.4 Å². The number of piperidine rings is 1. The molecule has 2 atom stereocenters. The summed E-state index contributed by atoms with van der Waals surface area (Å²) >= 11 is 0. The minimum atomic E-state index is -0.144. The third-order valence-electron chi connectivity index (χ3n) is 2.83. The van der Waals surface area contributed by atoms with Crippen LogP contribution in [0.4, 0.5) is 5.82 Å². The second-order valence-corrected chi connectivity index (χ2v) is 3.97. The Morgan fingerprint density at radius 1 is 1.50 bits per heavy atom. The lowest BCUT2D eigenvalue weighted by molar-refractivity contribution is 0.0969. The molecule has 1 fully saturated rings. The molecule has 1 saturated heterocycles. The van der Waals surface area contributed by atoms with Gasteiger partial charge < -0.3 is 10.0 Å². The highest BCUT2D eigenvalue weighted by molar-refractivity contribution is 5.38. The molecule has 2 heterocycles. The summed E-state index contributed by atoms with van der Waals surface area (Å²) in [7, 11) is 0. The van der Waals surface area contributed by atoms with Gasteiger partial charge >= 0.3 is 0 Å². The molecule has 1 aromatic rings. The normalized spacial score (nSPS) is 27.7. The molecule has 76 valence electrons. The summed E-state index contributed by atoms with van der Waals surface area (Å²) in [5.74, 6) is 1.36. The second-order valence-electron chi connectivity index (χ2n) is 3.97. The Labute approximate surface area is 84.4 Å². The molecule has 0 amide bonds. The Morgan fingerprint density at radius 3 is 3.00 bits per heavy atom. The van der Waals surface area contributed by atoms with Gasteiger partial charge in [-0.25, -0.2) is 4.98 Å². The average molecular weight is 192 g/mol. The van der Waals surface area contributed by atoms with E-state index in [1.807, 2.05) is 24.4 Å². The molecule has 1 aliphatic heterocycles. The van der Waals surface area contributed by atoms with Crippen molar-refractivity contribution in [2.24, 2.45) is 5.92 Å². The van der Waals surface area contributed by atoms with Crippen molar-refractivity contribution in [1.82, 2.24) is 4.98 Å². The van der Waals surface area contributed by atoms with Crippen LogP contribution in [0.3, 0.4) is 0 Å². The Kier molecular flexibility index (Phi) is 2.68. The summed E-state index contributed by atoms with van der Waals surface area (Å²) < 4.78 is 0. The van der Waals surface area contributed by atoms with E-state index in [-0.39, 0.29) is 6.10 Å². The monoisotopic (exact) mass is 192 g/mol. The number of nitrogens with zero attached hydrogens (tertiary/aromatic N) is 2. The van der Waals surface area contributed by atoms with Gasteiger partial charge in [-0.3, -0.25) is 0 Å². The molecule has 0 spiro atoms. The Balaban J connectivity index is 2.07. The lowest BCUT2D eigenvalue weighted by atomic mass is 9.97. The number of rotatable bonds is 1. The second kappa shape index (κ2) is 3.96. The zero-order chi connectivity index (χ0) is 9.97. The van der Waals surface area contributed by atoms with Crippen LogP contribution in [0.5, 0.6) is 0 Å². The molecule has 1 aromatic heterocycles. The largest absolute Gasteiger partial charge is 0.393 e. The van der Waals surface area contributed by atoms with Crippen LogP contribution in [0.1, 0.15) is 13.3 Å². The number of hydrogen-bond donors (Lipinski definition) is 1. The predicted octanol–water partition coefficient (Wildman–Crippen LogP) is 1.29. The number of pyridine rings is 1. The fraction of sp³-hybridized carbons (Fsp3) is 0.545. The lowest BCUT2D eigenvalue weighted by Gasteiger charge is -2.35. The van der Waals surface area contributed by atoms with Crippen molar-refractivity contribution in [2.45, 2.75) is 19.4 Å². The van der Waals surface area contributed by atoms with Gasteiger partial charge in [-0.15, -0.1) is 0 Å². The van der Waals surface area contributed by atoms with E-state index < -0.39 is 0 Å². The number of aliphatic hydroxyl groups excluding tert-OH is 1. The van der Waals surface area contributed by atoms with Gasteiger partial charge in [0.25, 0.3) is 0 Å². The average Bonchev–Trinajstić information content (AvgIpc) is 2.23. The number of aliphatic hydroxyl groups is 1. The molecule has 0 saturated carbocycles. The van der Waals surface area contributed by atoms with Crippen molar-refractivity contribution in [1.29, 1.82) is 0 Å². The standard InChI is InChI=1S/C11H16N2O/c1-9-8-13(7-5-10(9)14)11-4-2-3-6-12-11/h2-4,6,9-10,14H,5,7-8H2,1H3. The van der Waals surface area contributed by atoms with Gasteiger partial charge in [0, 0.05) is 19.3 Å². The van der Waals surface area contributed by atoms with Gasteiger partial charge in [0.15, 0.2) is 0 Å². The van der Waals surface area contributed by atoms with Crippen LogP contribution in [-0.4, -0.2) is 29.3 Å². The Bertz CT molecular complexity index is 289. The predicted molar refractivity (Wildman–Crippen MR) is 56.2 cm³/mol. The highest BCUT2D eigenvalue weighted by atomic mass is 16.3. The highest BCUT2D eigenvalue weighted by Crippen LogP contribution is 2.20. The molecule has 0 radical (unpaired) electrons. The van der Waals surface area contributed by atoms with Gasteiger partial charge in [-0.1, -0.05) is 13.0 Å². The van der Waals surface area contributed by atoms with Crippen molar-refractivity contribution in [2.75, 3.05) is 18.0 Å². The van der Waals surface area contributed by atoms with Crippen molar-refractivity contribution >= 4 is 5.82 Å². The molecule has 0 aliphatic carbocycles. The third-order valence-corrected chi connectivity index (χ3v) is 2.83. The third kappa shape index (κ3) is 1.87. The number of hydrogen-bond acceptors (Lipinski definition) is 3. The summed E-state index contributed by atoms with van der Waals surface area (Å²) in [5, 5.41) is 9.60. The minimum Gasteiger partial charge on any atom is -0.393 e. The van der Waals surface area contributed by atoms with Crippen LogP contribution in [0.25, 0.3) is 0 Å². The molecule has 1 aliphatic rings. The fourth-order valence-corrected chi connectivity index (χ4v) is 1.88. The van der Waals surface area contributed by atoms with Crippen molar-refractivity contribution in [3.63, 3.8) is 0 Å². The number of aromatic nitrogens is 1. The van der Waals surface area contributed by atoms with Gasteiger partial charge in [-0.2, -0.15) is 0 Å². The maximum Gasteiger partial charge on any atom is 0.128 e. The molecule has 0 aromatic carbocycles. The molecule has 3 nitrogen and oxygen atoms in total. The van der Waals surface area contributed by atoms with Crippen LogP contribution < -0.4 is 4.90 Å². The van der Waals surface area contributed by atoms with E-state index >= 15 is 0 Å². The molecular weight excluding hydrogens is 176 g/mol. The first kappa shape index (κ1) is 9.46. The first-order valence-electron chi connectivity index (χ1n) is 5.11. The van der Waals surface area contributed by atoms with Gasteiger partial charge in [0.1, 0.15) is 5.82 Å². The molecule has 3 heteroatoms. The van der Waals surface area contributed by atoms with Crippen LogP contribution >= 0.6 is 0 Å². The topological polar surface area (TPSA) is 36.4 Å². The Hall–Kier alpha value is -1.09. The lowest BCUT2D eigenvalue weighted by Crippen LogP contribution is -2.42. The molecule has 2 rings (SSSR count).